The Balaban J connectivity index is 1.34. The van der Waals surface area contributed by atoms with Crippen molar-refractivity contribution in [3.63, 3.8) is 0 Å². The average Bonchev–Trinajstić information content (AvgIpc) is 3.06. The van der Waals surface area contributed by atoms with Crippen molar-refractivity contribution in [3.05, 3.63) is 71.8 Å². The fourth-order valence-electron chi connectivity index (χ4n) is 4.77. The topological polar surface area (TPSA) is 119 Å². The first-order valence-electron chi connectivity index (χ1n) is 16.1. The summed E-state index contributed by atoms with van der Waals surface area (Å²) < 4.78 is 46.1. The fraction of sp³-hybridized carbons (Fsp3) is 0.588. The summed E-state index contributed by atoms with van der Waals surface area (Å²) in [7, 11) is -3.69. The van der Waals surface area contributed by atoms with Crippen LogP contribution in [-0.4, -0.2) is 58.0 Å². The van der Waals surface area contributed by atoms with Gasteiger partial charge in [0.1, 0.15) is 0 Å². The van der Waals surface area contributed by atoms with E-state index in [1.165, 1.54) is 11.1 Å². The van der Waals surface area contributed by atoms with Crippen LogP contribution >= 0.6 is 7.75 Å². The van der Waals surface area contributed by atoms with Crippen LogP contribution in [0, 0.1) is 11.8 Å². The highest BCUT2D eigenvalue weighted by Gasteiger charge is 2.31. The van der Waals surface area contributed by atoms with Crippen molar-refractivity contribution in [3.8, 4) is 0 Å². The molecule has 11 heteroatoms. The van der Waals surface area contributed by atoms with Gasteiger partial charge < -0.3 is 18.9 Å². The van der Waals surface area contributed by atoms with Gasteiger partial charge in [-0.3, -0.25) is 9.05 Å². The van der Waals surface area contributed by atoms with Gasteiger partial charge in [0.05, 0.1) is 39.6 Å². The Kier molecular flexibility index (Phi) is 17.1. The first-order valence-corrected chi connectivity index (χ1v) is 17.7. The molecule has 1 saturated carbocycles. The minimum absolute atomic E-state index is 0.0272. The molecule has 2 unspecified atom stereocenters. The molecular weight excluding hydrogens is 597 g/mol. The summed E-state index contributed by atoms with van der Waals surface area (Å²) in [4.78, 5) is 24.0. The third-order valence-corrected chi connectivity index (χ3v) is 8.98. The van der Waals surface area contributed by atoms with Gasteiger partial charge in [-0.25, -0.2) is 19.2 Å². The number of aryl methyl sites for hydroxylation is 2. The smallest absolute Gasteiger partial charge is 0.434 e. The van der Waals surface area contributed by atoms with Gasteiger partial charge in [-0.15, -0.1) is 0 Å². The molecule has 10 nitrogen and oxygen atoms in total. The van der Waals surface area contributed by atoms with Gasteiger partial charge in [-0.05, 0) is 49.7 Å². The molecule has 1 N–H and O–H groups in total. The van der Waals surface area contributed by atoms with Crippen LogP contribution in [0.2, 0.25) is 0 Å². The van der Waals surface area contributed by atoms with Crippen LogP contribution in [0.3, 0.4) is 0 Å². The van der Waals surface area contributed by atoms with Crippen molar-refractivity contribution in [2.45, 2.75) is 77.7 Å². The molecule has 0 heterocycles. The minimum Gasteiger partial charge on any atom is -0.434 e. The number of rotatable bonds is 20. The molecule has 1 aliphatic rings. The van der Waals surface area contributed by atoms with Gasteiger partial charge >= 0.3 is 20.1 Å². The zero-order valence-corrected chi connectivity index (χ0v) is 27.6. The van der Waals surface area contributed by atoms with Gasteiger partial charge in [0, 0.05) is 17.9 Å². The monoisotopic (exact) mass is 647 g/mol. The molecule has 250 valence electrons. The zero-order chi connectivity index (χ0) is 32.2. The molecule has 1 fully saturated rings. The molecule has 0 radical (unpaired) electrons. The van der Waals surface area contributed by atoms with Crippen LogP contribution < -0.4 is 5.09 Å². The number of hydrogen-bond acceptors (Lipinski definition) is 9. The fourth-order valence-corrected chi connectivity index (χ4v) is 6.60. The summed E-state index contributed by atoms with van der Waals surface area (Å²) in [5.41, 5.74) is 2.37. The highest BCUT2D eigenvalue weighted by molar-refractivity contribution is 7.51. The van der Waals surface area contributed by atoms with Crippen molar-refractivity contribution >= 4 is 20.1 Å². The van der Waals surface area contributed by atoms with Crippen molar-refractivity contribution in [2.24, 2.45) is 11.8 Å². The molecule has 3 rings (SSSR count). The van der Waals surface area contributed by atoms with E-state index in [-0.39, 0.29) is 57.5 Å². The van der Waals surface area contributed by atoms with Crippen LogP contribution in [0.5, 0.6) is 0 Å². The molecule has 1 aliphatic carbocycles. The van der Waals surface area contributed by atoms with E-state index in [4.69, 9.17) is 28.0 Å². The zero-order valence-electron chi connectivity index (χ0n) is 26.7. The third-order valence-electron chi connectivity index (χ3n) is 7.32. The van der Waals surface area contributed by atoms with Crippen LogP contribution in [0.4, 0.5) is 9.59 Å². The summed E-state index contributed by atoms with van der Waals surface area (Å²) in [6, 6.07) is 20.0. The average molecular weight is 648 g/mol. The van der Waals surface area contributed by atoms with E-state index in [0.29, 0.717) is 12.8 Å². The number of ether oxygens (including phenoxy) is 4. The molecule has 45 heavy (non-hydrogen) atoms. The second kappa shape index (κ2) is 21.0. The lowest BCUT2D eigenvalue weighted by Crippen LogP contribution is -2.31. The highest BCUT2D eigenvalue weighted by Crippen LogP contribution is 2.46. The Bertz CT molecular complexity index is 1070. The lowest BCUT2D eigenvalue weighted by molar-refractivity contribution is 0.0351. The van der Waals surface area contributed by atoms with Crippen molar-refractivity contribution in [1.29, 1.82) is 0 Å². The second-order valence-corrected chi connectivity index (χ2v) is 13.5. The number of carbonyl (C=O) groups excluding carboxylic acids is 2. The lowest BCUT2D eigenvalue weighted by Gasteiger charge is -2.29. The molecule has 2 aromatic rings. The first-order chi connectivity index (χ1) is 21.8. The van der Waals surface area contributed by atoms with E-state index in [9.17, 15) is 14.2 Å². The van der Waals surface area contributed by atoms with Crippen LogP contribution in [-0.2, 0) is 45.4 Å². The number of hydrogen-bond donors (Lipinski definition) is 1. The first kappa shape index (κ1) is 36.6. The van der Waals surface area contributed by atoms with Gasteiger partial charge in [0.2, 0.25) is 0 Å². The standard InChI is InChI=1S/C34H50NO9P/c1-28(24-41-33(36)39-22-12-18-30-14-6-3-7-15-30)26-43-45(38,35-32-20-10-5-11-21-32)44-27-29(2)25-42-34(37)40-23-13-19-31-16-8-4-9-17-31/h3-4,6-9,14-17,28-29,32H,5,10-13,18-27H2,1-2H3,(H,35,38). The maximum Gasteiger partial charge on any atom is 0.508 e. The predicted molar refractivity (Wildman–Crippen MR) is 172 cm³/mol. The molecular formula is C34H50NO9P. The van der Waals surface area contributed by atoms with Gasteiger partial charge in [-0.2, -0.15) is 0 Å². The molecule has 0 amide bonds. The summed E-state index contributed by atoms with van der Waals surface area (Å²) in [6.07, 6.45) is 6.57. The third kappa shape index (κ3) is 16.3. The summed E-state index contributed by atoms with van der Waals surface area (Å²) in [5.74, 6) is -0.492. The van der Waals surface area contributed by atoms with E-state index in [2.05, 4.69) is 5.09 Å². The van der Waals surface area contributed by atoms with Crippen LogP contribution in [0.1, 0.15) is 69.9 Å². The van der Waals surface area contributed by atoms with Crippen molar-refractivity contribution in [2.75, 3.05) is 39.6 Å². The Labute approximate surface area is 268 Å². The van der Waals surface area contributed by atoms with Crippen molar-refractivity contribution < 1.29 is 42.1 Å². The minimum atomic E-state index is -3.69. The van der Waals surface area contributed by atoms with Crippen LogP contribution in [0.25, 0.3) is 0 Å². The largest absolute Gasteiger partial charge is 0.508 e. The van der Waals surface area contributed by atoms with E-state index in [1.807, 2.05) is 74.5 Å². The maximum atomic E-state index is 13.7. The van der Waals surface area contributed by atoms with E-state index < -0.39 is 20.1 Å². The maximum absolute atomic E-state index is 13.7. The predicted octanol–water partition coefficient (Wildman–Crippen LogP) is 7.89. The Morgan fingerprint density at radius 1 is 0.689 bits per heavy atom. The quantitative estimate of drug-likeness (QED) is 0.0863. The number of benzene rings is 2. The Hall–Kier alpha value is -2.91. The van der Waals surface area contributed by atoms with E-state index >= 15 is 0 Å². The highest BCUT2D eigenvalue weighted by atomic mass is 31.2. The Morgan fingerprint density at radius 2 is 1.13 bits per heavy atom. The molecule has 0 aromatic heterocycles. The second-order valence-electron chi connectivity index (χ2n) is 11.8. The van der Waals surface area contributed by atoms with Gasteiger partial charge in [0.15, 0.2) is 0 Å². The normalized spacial score (nSPS) is 16.2. The van der Waals surface area contributed by atoms with Crippen LogP contribution in [0.15, 0.2) is 60.7 Å². The number of nitrogens with one attached hydrogen (secondary N) is 1. The summed E-state index contributed by atoms with van der Waals surface area (Å²) in [5, 5.41) is 3.11. The van der Waals surface area contributed by atoms with Gasteiger partial charge in [-0.1, -0.05) is 93.8 Å². The Morgan fingerprint density at radius 3 is 1.58 bits per heavy atom. The molecule has 2 aromatic carbocycles. The lowest BCUT2D eigenvalue weighted by atomic mass is 9.96. The molecule has 2 atom stereocenters. The summed E-state index contributed by atoms with van der Waals surface area (Å²) in [6.45, 7) is 4.40. The van der Waals surface area contributed by atoms with Crippen molar-refractivity contribution in [1.82, 2.24) is 5.09 Å². The molecule has 0 aliphatic heterocycles. The van der Waals surface area contributed by atoms with Gasteiger partial charge in [0.25, 0.3) is 0 Å². The summed E-state index contributed by atoms with van der Waals surface area (Å²) >= 11 is 0. The molecule has 0 bridgehead atoms. The SMILES string of the molecule is CC(COC(=O)OCCCc1ccccc1)COP(=O)(NC1CCCCC1)OCC(C)COC(=O)OCCCc1ccccc1. The molecule has 0 saturated heterocycles. The van der Waals surface area contributed by atoms with E-state index in [1.54, 1.807) is 0 Å². The number of carbonyl (C=O) groups is 2. The van der Waals surface area contributed by atoms with E-state index in [0.717, 1.165) is 44.9 Å². The molecule has 0 spiro atoms.